The van der Waals surface area contributed by atoms with Crippen molar-refractivity contribution in [2.75, 3.05) is 19.7 Å². The van der Waals surface area contributed by atoms with Crippen LogP contribution in [0.3, 0.4) is 0 Å². The molecular formula is C21H32IN3O3. The average Bonchev–Trinajstić information content (AvgIpc) is 3.19. The van der Waals surface area contributed by atoms with Crippen molar-refractivity contribution in [3.8, 4) is 5.75 Å². The molecule has 28 heavy (non-hydrogen) atoms. The molecule has 0 bridgehead atoms. The highest BCUT2D eigenvalue weighted by atomic mass is 127. The lowest BCUT2D eigenvalue weighted by molar-refractivity contribution is 0.0386. The molecule has 1 heterocycles. The fraction of sp³-hybridized carbons (Fsp3) is 0.476. The summed E-state index contributed by atoms with van der Waals surface area (Å²) in [7, 11) is 0. The molecule has 1 unspecified atom stereocenters. The van der Waals surface area contributed by atoms with Gasteiger partial charge in [-0.05, 0) is 51.0 Å². The second-order valence-corrected chi connectivity index (χ2v) is 6.76. The maximum atomic E-state index is 10.6. The number of aliphatic imine (C=N–C) groups is 1. The number of rotatable bonds is 9. The third-order valence-corrected chi connectivity index (χ3v) is 4.09. The van der Waals surface area contributed by atoms with E-state index in [1.165, 1.54) is 0 Å². The van der Waals surface area contributed by atoms with E-state index < -0.39 is 5.60 Å². The molecule has 1 aromatic heterocycles. The monoisotopic (exact) mass is 501 g/mol. The van der Waals surface area contributed by atoms with Crippen LogP contribution >= 0.6 is 24.0 Å². The van der Waals surface area contributed by atoms with Crippen molar-refractivity contribution in [1.29, 1.82) is 0 Å². The molecule has 0 radical (unpaired) electrons. The van der Waals surface area contributed by atoms with Gasteiger partial charge < -0.3 is 24.9 Å². The van der Waals surface area contributed by atoms with Gasteiger partial charge in [-0.3, -0.25) is 0 Å². The molecule has 156 valence electrons. The summed E-state index contributed by atoms with van der Waals surface area (Å²) in [5, 5.41) is 17.0. The fourth-order valence-corrected chi connectivity index (χ4v) is 2.57. The molecule has 6 nitrogen and oxygen atoms in total. The quantitative estimate of drug-likeness (QED) is 0.276. The van der Waals surface area contributed by atoms with E-state index in [9.17, 15) is 5.11 Å². The zero-order chi connectivity index (χ0) is 19.7. The Hall–Kier alpha value is -1.74. The van der Waals surface area contributed by atoms with Crippen LogP contribution in [0.2, 0.25) is 0 Å². The van der Waals surface area contributed by atoms with Crippen molar-refractivity contribution >= 4 is 29.9 Å². The first-order chi connectivity index (χ1) is 13.0. The molecule has 0 saturated heterocycles. The van der Waals surface area contributed by atoms with Gasteiger partial charge in [0.05, 0.1) is 26.0 Å². The molecule has 0 aliphatic heterocycles. The van der Waals surface area contributed by atoms with Gasteiger partial charge in [0.2, 0.25) is 0 Å². The minimum absolute atomic E-state index is 0. The molecule has 0 aliphatic carbocycles. The number of aryl methyl sites for hydroxylation is 1. The smallest absolute Gasteiger partial charge is 0.191 e. The number of nitrogens with zero attached hydrogens (tertiary/aromatic N) is 1. The lowest BCUT2D eigenvalue weighted by Gasteiger charge is -2.22. The number of benzene rings is 1. The normalized spacial score (nSPS) is 13.4. The number of hydrogen-bond acceptors (Lipinski definition) is 4. The highest BCUT2D eigenvalue weighted by Crippen LogP contribution is 2.22. The van der Waals surface area contributed by atoms with Crippen molar-refractivity contribution in [2.24, 2.45) is 4.99 Å². The van der Waals surface area contributed by atoms with Gasteiger partial charge in [-0.25, -0.2) is 4.99 Å². The van der Waals surface area contributed by atoms with Gasteiger partial charge in [-0.15, -0.1) is 24.0 Å². The first-order valence-electron chi connectivity index (χ1n) is 9.47. The van der Waals surface area contributed by atoms with E-state index >= 15 is 0 Å². The van der Waals surface area contributed by atoms with Gasteiger partial charge in [0.15, 0.2) is 5.96 Å². The van der Waals surface area contributed by atoms with Crippen LogP contribution in [0.1, 0.15) is 44.1 Å². The zero-order valence-corrected chi connectivity index (χ0v) is 19.4. The molecule has 0 fully saturated rings. The van der Waals surface area contributed by atoms with Crippen LogP contribution in [-0.4, -0.2) is 30.8 Å². The number of nitrogens with one attached hydrogen (secondary N) is 2. The van der Waals surface area contributed by atoms with Gasteiger partial charge in [0, 0.05) is 12.1 Å². The number of hydrogen-bond donors (Lipinski definition) is 3. The summed E-state index contributed by atoms with van der Waals surface area (Å²) in [6.45, 7) is 10.0. The van der Waals surface area contributed by atoms with Gasteiger partial charge in [-0.2, -0.15) is 0 Å². The Labute approximate surface area is 184 Å². The Bertz CT molecular complexity index is 731. The molecule has 0 aliphatic rings. The van der Waals surface area contributed by atoms with E-state index in [0.29, 0.717) is 24.9 Å². The maximum absolute atomic E-state index is 10.6. The minimum atomic E-state index is -1.13. The summed E-state index contributed by atoms with van der Waals surface area (Å²) < 4.78 is 11.2. The van der Waals surface area contributed by atoms with Crippen LogP contribution in [0.25, 0.3) is 0 Å². The Morgan fingerprint density at radius 1 is 1.25 bits per heavy atom. The molecule has 0 amide bonds. The standard InChI is InChI=1S/C21H31N3O3.HI/c1-5-11-26-18-13-16(3)9-10-17(18)14-23-20(22-6-2)24-15-21(4,25)19-8-7-12-27-19;/h7-10,12-13,25H,5-6,11,14-15H2,1-4H3,(H2,22,23,24);1H. The fourth-order valence-electron chi connectivity index (χ4n) is 2.57. The predicted molar refractivity (Wildman–Crippen MR) is 123 cm³/mol. The summed E-state index contributed by atoms with van der Waals surface area (Å²) in [5.41, 5.74) is 1.07. The molecule has 1 aromatic carbocycles. The number of guanidine groups is 1. The minimum Gasteiger partial charge on any atom is -0.493 e. The third kappa shape index (κ3) is 7.35. The van der Waals surface area contributed by atoms with E-state index in [0.717, 1.165) is 29.8 Å². The van der Waals surface area contributed by atoms with Crippen molar-refractivity contribution in [3.63, 3.8) is 0 Å². The zero-order valence-electron chi connectivity index (χ0n) is 17.1. The Balaban J connectivity index is 0.00000392. The molecule has 2 rings (SSSR count). The molecule has 7 heteroatoms. The first-order valence-corrected chi connectivity index (χ1v) is 9.47. The second kappa shape index (κ2) is 12.0. The van der Waals surface area contributed by atoms with Crippen LogP contribution < -0.4 is 15.4 Å². The van der Waals surface area contributed by atoms with E-state index in [1.54, 1.807) is 25.3 Å². The Morgan fingerprint density at radius 3 is 2.68 bits per heavy atom. The molecule has 3 N–H and O–H groups in total. The van der Waals surface area contributed by atoms with Crippen molar-refractivity contribution < 1.29 is 14.3 Å². The topological polar surface area (TPSA) is 79.0 Å². The molecular weight excluding hydrogens is 469 g/mol. The number of furan rings is 1. The number of halogens is 1. The molecule has 0 saturated carbocycles. The first kappa shape index (κ1) is 24.3. The van der Waals surface area contributed by atoms with Gasteiger partial charge >= 0.3 is 0 Å². The largest absolute Gasteiger partial charge is 0.493 e. The second-order valence-electron chi connectivity index (χ2n) is 6.76. The van der Waals surface area contributed by atoms with Crippen LogP contribution in [0.5, 0.6) is 5.75 Å². The SMILES string of the molecule is CCCOc1cc(C)ccc1CN=C(NCC)NCC(C)(O)c1ccco1.I. The summed E-state index contributed by atoms with van der Waals surface area (Å²) in [4.78, 5) is 4.64. The Kier molecular flexibility index (Phi) is 10.4. The van der Waals surface area contributed by atoms with Crippen molar-refractivity contribution in [3.05, 3.63) is 53.5 Å². The molecule has 1 atom stereocenters. The van der Waals surface area contributed by atoms with Crippen LogP contribution in [0, 0.1) is 6.92 Å². The number of ether oxygens (including phenoxy) is 1. The molecule has 0 spiro atoms. The molecule has 2 aromatic rings. The van der Waals surface area contributed by atoms with Gasteiger partial charge in [0.25, 0.3) is 0 Å². The Morgan fingerprint density at radius 2 is 2.04 bits per heavy atom. The third-order valence-electron chi connectivity index (χ3n) is 4.09. The van der Waals surface area contributed by atoms with E-state index in [2.05, 4.69) is 28.6 Å². The maximum Gasteiger partial charge on any atom is 0.191 e. The van der Waals surface area contributed by atoms with E-state index in [1.807, 2.05) is 26.0 Å². The van der Waals surface area contributed by atoms with Crippen LogP contribution in [0.15, 0.2) is 46.0 Å². The lowest BCUT2D eigenvalue weighted by Crippen LogP contribution is -2.44. The van der Waals surface area contributed by atoms with E-state index in [-0.39, 0.29) is 30.5 Å². The average molecular weight is 501 g/mol. The van der Waals surface area contributed by atoms with Crippen molar-refractivity contribution in [2.45, 2.75) is 46.3 Å². The lowest BCUT2D eigenvalue weighted by atomic mass is 10.0. The van der Waals surface area contributed by atoms with Crippen LogP contribution in [0.4, 0.5) is 0 Å². The number of aliphatic hydroxyl groups is 1. The highest BCUT2D eigenvalue weighted by Gasteiger charge is 2.26. The van der Waals surface area contributed by atoms with Gasteiger partial charge in [0.1, 0.15) is 17.1 Å². The van der Waals surface area contributed by atoms with E-state index in [4.69, 9.17) is 9.15 Å². The van der Waals surface area contributed by atoms with Gasteiger partial charge in [-0.1, -0.05) is 19.1 Å². The summed E-state index contributed by atoms with van der Waals surface area (Å²) in [5.74, 6) is 2.02. The predicted octanol–water partition coefficient (Wildman–Crippen LogP) is 3.96. The summed E-state index contributed by atoms with van der Waals surface area (Å²) in [6.07, 6.45) is 2.51. The summed E-state index contributed by atoms with van der Waals surface area (Å²) >= 11 is 0. The van der Waals surface area contributed by atoms with Crippen LogP contribution in [-0.2, 0) is 12.1 Å². The summed E-state index contributed by atoms with van der Waals surface area (Å²) in [6, 6.07) is 9.67. The highest BCUT2D eigenvalue weighted by molar-refractivity contribution is 14.0. The van der Waals surface area contributed by atoms with Crippen molar-refractivity contribution in [1.82, 2.24) is 10.6 Å².